The summed E-state index contributed by atoms with van der Waals surface area (Å²) in [6.45, 7) is 6.28. The van der Waals surface area contributed by atoms with E-state index < -0.39 is 5.97 Å². The molecule has 0 saturated carbocycles. The highest BCUT2D eigenvalue weighted by Gasteiger charge is 2.14. The third-order valence-corrected chi connectivity index (χ3v) is 3.16. The van der Waals surface area contributed by atoms with Crippen molar-refractivity contribution in [2.45, 2.75) is 40.0 Å². The monoisotopic (exact) mass is 304 g/mol. The van der Waals surface area contributed by atoms with Crippen LogP contribution >= 0.6 is 0 Å². The number of unbranched alkanes of at least 4 members (excludes halogenated alkanes) is 1. The van der Waals surface area contributed by atoms with Gasteiger partial charge >= 0.3 is 11.9 Å². The fraction of sp³-hybridized carbons (Fsp3) is 0.444. The highest BCUT2D eigenvalue weighted by molar-refractivity contribution is 5.96. The van der Waals surface area contributed by atoms with Crippen LogP contribution in [0, 0.1) is 0 Å². The van der Waals surface area contributed by atoms with E-state index in [4.69, 9.17) is 9.47 Å². The van der Waals surface area contributed by atoms with Gasteiger partial charge in [-0.3, -0.25) is 0 Å². The van der Waals surface area contributed by atoms with Gasteiger partial charge in [0.2, 0.25) is 0 Å². The van der Waals surface area contributed by atoms with Gasteiger partial charge in [-0.05, 0) is 50.0 Å². The van der Waals surface area contributed by atoms with Crippen LogP contribution < -0.4 is 0 Å². The van der Waals surface area contributed by atoms with Gasteiger partial charge in [0.25, 0.3) is 0 Å². The van der Waals surface area contributed by atoms with Gasteiger partial charge in [-0.2, -0.15) is 0 Å². The smallest absolute Gasteiger partial charge is 0.338 e. The van der Waals surface area contributed by atoms with E-state index in [9.17, 15) is 9.59 Å². The molecule has 22 heavy (non-hydrogen) atoms. The van der Waals surface area contributed by atoms with Crippen molar-refractivity contribution in [2.75, 3.05) is 13.2 Å². The molecule has 1 rings (SSSR count). The minimum Gasteiger partial charge on any atom is -0.463 e. The van der Waals surface area contributed by atoms with E-state index in [-0.39, 0.29) is 5.97 Å². The molecule has 0 aliphatic rings. The van der Waals surface area contributed by atoms with Gasteiger partial charge < -0.3 is 9.47 Å². The molecule has 0 radical (unpaired) electrons. The number of aryl methyl sites for hydroxylation is 1. The fourth-order valence-corrected chi connectivity index (χ4v) is 2.12. The maximum Gasteiger partial charge on any atom is 0.338 e. The zero-order chi connectivity index (χ0) is 16.4. The van der Waals surface area contributed by atoms with Crippen LogP contribution in [0.15, 0.2) is 24.3 Å². The van der Waals surface area contributed by atoms with Gasteiger partial charge in [0.15, 0.2) is 0 Å². The Kier molecular flexibility index (Phi) is 7.97. The Morgan fingerprint density at radius 3 is 2.45 bits per heavy atom. The van der Waals surface area contributed by atoms with Crippen molar-refractivity contribution in [1.29, 1.82) is 0 Å². The van der Waals surface area contributed by atoms with E-state index in [1.165, 1.54) is 6.08 Å². The van der Waals surface area contributed by atoms with Crippen molar-refractivity contribution in [3.05, 3.63) is 41.0 Å². The molecule has 0 atom stereocenters. The van der Waals surface area contributed by atoms with Crippen LogP contribution in [0.5, 0.6) is 0 Å². The van der Waals surface area contributed by atoms with Gasteiger partial charge in [0.05, 0.1) is 18.8 Å². The molecule has 1 aromatic rings. The predicted molar refractivity (Wildman–Crippen MR) is 86.7 cm³/mol. The van der Waals surface area contributed by atoms with Gasteiger partial charge in [-0.25, -0.2) is 9.59 Å². The molecule has 0 heterocycles. The highest BCUT2D eigenvalue weighted by Crippen LogP contribution is 2.20. The lowest BCUT2D eigenvalue weighted by Gasteiger charge is -2.11. The Balaban J connectivity index is 3.15. The standard InChI is InChI=1S/C18H24O4/c1-4-7-9-14-10-8-11-16(18(20)22-6-3)15(14)12-13-17(19)21-5-2/h8,10-13H,4-7,9H2,1-3H3/b13-12+. The summed E-state index contributed by atoms with van der Waals surface area (Å²) in [5.74, 6) is -0.785. The van der Waals surface area contributed by atoms with Crippen LogP contribution in [0.25, 0.3) is 6.08 Å². The first-order chi connectivity index (χ1) is 10.6. The number of esters is 2. The second-order valence-electron chi connectivity index (χ2n) is 4.79. The van der Waals surface area contributed by atoms with E-state index >= 15 is 0 Å². The van der Waals surface area contributed by atoms with Crippen molar-refractivity contribution >= 4 is 18.0 Å². The van der Waals surface area contributed by atoms with Crippen LogP contribution in [-0.2, 0) is 20.7 Å². The normalized spacial score (nSPS) is 10.7. The van der Waals surface area contributed by atoms with Crippen LogP contribution in [-0.4, -0.2) is 25.2 Å². The lowest BCUT2D eigenvalue weighted by atomic mass is 9.96. The molecular weight excluding hydrogens is 280 g/mol. The summed E-state index contributed by atoms with van der Waals surface area (Å²) in [6, 6.07) is 5.54. The van der Waals surface area contributed by atoms with Gasteiger partial charge in [-0.1, -0.05) is 25.5 Å². The Bertz CT molecular complexity index is 532. The molecule has 0 bridgehead atoms. The molecule has 0 fully saturated rings. The number of hydrogen-bond acceptors (Lipinski definition) is 4. The van der Waals surface area contributed by atoms with Crippen molar-refractivity contribution in [3.63, 3.8) is 0 Å². The minimum atomic E-state index is -0.414. The number of carbonyl (C=O) groups is 2. The number of ether oxygens (including phenoxy) is 2. The second kappa shape index (κ2) is 9.77. The van der Waals surface area contributed by atoms with Crippen LogP contribution in [0.2, 0.25) is 0 Å². The number of rotatable bonds is 8. The summed E-state index contributed by atoms with van der Waals surface area (Å²) in [7, 11) is 0. The van der Waals surface area contributed by atoms with E-state index in [2.05, 4.69) is 6.92 Å². The average Bonchev–Trinajstić information content (AvgIpc) is 2.51. The third-order valence-electron chi connectivity index (χ3n) is 3.16. The summed E-state index contributed by atoms with van der Waals surface area (Å²) >= 11 is 0. The maximum absolute atomic E-state index is 12.1. The summed E-state index contributed by atoms with van der Waals surface area (Å²) in [4.78, 5) is 23.6. The zero-order valence-corrected chi connectivity index (χ0v) is 13.6. The second-order valence-corrected chi connectivity index (χ2v) is 4.79. The molecule has 0 amide bonds. The van der Waals surface area contributed by atoms with E-state index in [0.29, 0.717) is 18.8 Å². The number of benzene rings is 1. The molecule has 0 spiro atoms. The van der Waals surface area contributed by atoms with E-state index in [1.807, 2.05) is 12.1 Å². The zero-order valence-electron chi connectivity index (χ0n) is 13.6. The minimum absolute atomic E-state index is 0.319. The Hall–Kier alpha value is -2.10. The molecule has 0 unspecified atom stereocenters. The van der Waals surface area contributed by atoms with E-state index in [0.717, 1.165) is 30.4 Å². The Morgan fingerprint density at radius 1 is 1.09 bits per heavy atom. The molecule has 4 heteroatoms. The molecule has 0 saturated heterocycles. The molecule has 0 aromatic heterocycles. The molecule has 0 aliphatic heterocycles. The molecule has 0 aliphatic carbocycles. The maximum atomic E-state index is 12.1. The third kappa shape index (κ3) is 5.35. The summed E-state index contributed by atoms with van der Waals surface area (Å²) in [6.07, 6.45) is 5.94. The molecular formula is C18H24O4. The van der Waals surface area contributed by atoms with Crippen LogP contribution in [0.4, 0.5) is 0 Å². The number of carbonyl (C=O) groups excluding carboxylic acids is 2. The first kappa shape index (κ1) is 18.0. The molecule has 120 valence electrons. The van der Waals surface area contributed by atoms with E-state index in [1.54, 1.807) is 26.0 Å². The first-order valence-corrected chi connectivity index (χ1v) is 7.77. The van der Waals surface area contributed by atoms with Crippen LogP contribution in [0.1, 0.15) is 55.1 Å². The SMILES string of the molecule is CCCCc1cccc(C(=O)OCC)c1/C=C/C(=O)OCC. The van der Waals surface area contributed by atoms with Gasteiger partial charge in [0, 0.05) is 6.08 Å². The lowest BCUT2D eigenvalue weighted by molar-refractivity contribution is -0.137. The van der Waals surface area contributed by atoms with Crippen molar-refractivity contribution in [1.82, 2.24) is 0 Å². The number of hydrogen-bond donors (Lipinski definition) is 0. The van der Waals surface area contributed by atoms with Gasteiger partial charge in [-0.15, -0.1) is 0 Å². The largest absolute Gasteiger partial charge is 0.463 e. The molecule has 1 aromatic carbocycles. The van der Waals surface area contributed by atoms with Crippen LogP contribution in [0.3, 0.4) is 0 Å². The topological polar surface area (TPSA) is 52.6 Å². The summed E-state index contributed by atoms with van der Waals surface area (Å²) in [5, 5.41) is 0. The summed E-state index contributed by atoms with van der Waals surface area (Å²) < 4.78 is 9.98. The Labute approximate surface area is 132 Å². The van der Waals surface area contributed by atoms with Gasteiger partial charge in [0.1, 0.15) is 0 Å². The predicted octanol–water partition coefficient (Wildman–Crippen LogP) is 3.78. The highest BCUT2D eigenvalue weighted by atomic mass is 16.5. The van der Waals surface area contributed by atoms with Crippen molar-refractivity contribution < 1.29 is 19.1 Å². The van der Waals surface area contributed by atoms with Crippen molar-refractivity contribution in [2.24, 2.45) is 0 Å². The Morgan fingerprint density at radius 2 is 1.82 bits per heavy atom. The molecule has 0 N–H and O–H groups in total. The van der Waals surface area contributed by atoms with Crippen molar-refractivity contribution in [3.8, 4) is 0 Å². The average molecular weight is 304 g/mol. The lowest BCUT2D eigenvalue weighted by Crippen LogP contribution is -2.09. The summed E-state index contributed by atoms with van der Waals surface area (Å²) in [5.41, 5.74) is 2.26. The first-order valence-electron chi connectivity index (χ1n) is 7.77. The molecule has 4 nitrogen and oxygen atoms in total. The fourth-order valence-electron chi connectivity index (χ4n) is 2.12. The quantitative estimate of drug-likeness (QED) is 0.542.